The van der Waals surface area contributed by atoms with Gasteiger partial charge in [-0.1, -0.05) is 58.1 Å². The Labute approximate surface area is 124 Å². The van der Waals surface area contributed by atoms with E-state index in [-0.39, 0.29) is 11.1 Å². The molecule has 0 amide bonds. The van der Waals surface area contributed by atoms with Gasteiger partial charge in [0, 0.05) is 10.0 Å². The second-order valence-corrected chi connectivity index (χ2v) is 5.36. The first-order chi connectivity index (χ1) is 9.59. The molecular weight excluding hydrogens is 322 g/mol. The van der Waals surface area contributed by atoms with Crippen LogP contribution < -0.4 is 0 Å². The third-order valence-electron chi connectivity index (χ3n) is 3.05. The van der Waals surface area contributed by atoms with E-state index in [2.05, 4.69) is 27.8 Å². The Bertz CT molecular complexity index is 732. The SMILES string of the molecule is FC1(F)C(C#Cc2ccccc2)=C1c1ccc(Br)cc1. The predicted molar refractivity (Wildman–Crippen MR) is 79.3 cm³/mol. The lowest BCUT2D eigenvalue weighted by atomic mass is 10.2. The van der Waals surface area contributed by atoms with Crippen molar-refractivity contribution in [1.29, 1.82) is 0 Å². The second-order valence-electron chi connectivity index (χ2n) is 4.45. The van der Waals surface area contributed by atoms with E-state index in [0.717, 1.165) is 10.0 Å². The third-order valence-corrected chi connectivity index (χ3v) is 3.58. The van der Waals surface area contributed by atoms with Crippen molar-refractivity contribution in [3.05, 3.63) is 75.8 Å². The van der Waals surface area contributed by atoms with Gasteiger partial charge in [-0.15, -0.1) is 0 Å². The maximum absolute atomic E-state index is 13.8. The van der Waals surface area contributed by atoms with Crippen LogP contribution in [-0.2, 0) is 0 Å². The first-order valence-electron chi connectivity index (χ1n) is 6.05. The fraction of sp³-hybridized carbons (Fsp3) is 0.0588. The minimum absolute atomic E-state index is 0.0356. The van der Waals surface area contributed by atoms with E-state index >= 15 is 0 Å². The zero-order chi connectivity index (χ0) is 14.2. The standard InChI is InChI=1S/C17H9BrF2/c18-14-9-7-13(8-10-14)16-15(17(16,19)20)11-6-12-4-2-1-3-5-12/h1-5,7-10H. The molecule has 3 rings (SSSR count). The molecule has 0 bridgehead atoms. The highest BCUT2D eigenvalue weighted by molar-refractivity contribution is 9.10. The second kappa shape index (κ2) is 4.88. The zero-order valence-corrected chi connectivity index (χ0v) is 11.9. The predicted octanol–water partition coefficient (Wildman–Crippen LogP) is 4.90. The summed E-state index contributed by atoms with van der Waals surface area (Å²) in [5, 5.41) is 0. The maximum Gasteiger partial charge on any atom is 0.308 e. The van der Waals surface area contributed by atoms with Crippen molar-refractivity contribution in [2.75, 3.05) is 0 Å². The largest absolute Gasteiger partial charge is 0.308 e. The lowest BCUT2D eigenvalue weighted by molar-refractivity contribution is 0.153. The van der Waals surface area contributed by atoms with Gasteiger partial charge in [0.2, 0.25) is 0 Å². The van der Waals surface area contributed by atoms with Crippen LogP contribution in [0.15, 0.2) is 64.6 Å². The Balaban J connectivity index is 1.93. The van der Waals surface area contributed by atoms with Crippen molar-refractivity contribution in [2.24, 2.45) is 0 Å². The van der Waals surface area contributed by atoms with Crippen LogP contribution >= 0.6 is 15.9 Å². The van der Waals surface area contributed by atoms with Crippen molar-refractivity contribution in [1.82, 2.24) is 0 Å². The molecule has 0 saturated heterocycles. The van der Waals surface area contributed by atoms with Crippen molar-refractivity contribution in [2.45, 2.75) is 5.92 Å². The Hall–Kier alpha value is -1.92. The van der Waals surface area contributed by atoms with Crippen LogP contribution in [0.2, 0.25) is 0 Å². The minimum Gasteiger partial charge on any atom is -0.195 e. The van der Waals surface area contributed by atoms with Gasteiger partial charge in [0.05, 0.1) is 11.1 Å². The molecule has 0 radical (unpaired) electrons. The van der Waals surface area contributed by atoms with Crippen molar-refractivity contribution in [3.63, 3.8) is 0 Å². The van der Waals surface area contributed by atoms with E-state index in [4.69, 9.17) is 0 Å². The molecule has 0 N–H and O–H groups in total. The number of rotatable bonds is 1. The summed E-state index contributed by atoms with van der Waals surface area (Å²) < 4.78 is 28.4. The molecule has 0 fully saturated rings. The number of benzene rings is 2. The molecular formula is C17H9BrF2. The molecule has 0 unspecified atom stereocenters. The highest BCUT2D eigenvalue weighted by Gasteiger charge is 2.56. The summed E-state index contributed by atoms with van der Waals surface area (Å²) in [7, 11) is 0. The summed E-state index contributed by atoms with van der Waals surface area (Å²) >= 11 is 3.29. The van der Waals surface area contributed by atoms with Gasteiger partial charge in [-0.2, -0.15) is 8.78 Å². The van der Waals surface area contributed by atoms with E-state index in [9.17, 15) is 8.78 Å². The minimum atomic E-state index is -2.89. The molecule has 0 aromatic heterocycles. The highest BCUT2D eigenvalue weighted by Crippen LogP contribution is 2.54. The summed E-state index contributed by atoms with van der Waals surface area (Å²) in [6, 6.07) is 16.0. The van der Waals surface area contributed by atoms with E-state index in [1.807, 2.05) is 18.2 Å². The van der Waals surface area contributed by atoms with Gasteiger partial charge in [0.1, 0.15) is 0 Å². The van der Waals surface area contributed by atoms with Crippen LogP contribution in [0.1, 0.15) is 11.1 Å². The van der Waals surface area contributed by atoms with Crippen molar-refractivity contribution < 1.29 is 8.78 Å². The molecule has 3 heteroatoms. The molecule has 0 heterocycles. The number of halogens is 3. The normalized spacial score (nSPS) is 15.6. The van der Waals surface area contributed by atoms with Crippen LogP contribution in [0.4, 0.5) is 8.78 Å². The van der Waals surface area contributed by atoms with Crippen LogP contribution in [0, 0.1) is 11.8 Å². The van der Waals surface area contributed by atoms with Crippen LogP contribution in [0.3, 0.4) is 0 Å². The van der Waals surface area contributed by atoms with E-state index in [1.165, 1.54) is 0 Å². The molecule has 1 aliphatic rings. The quantitative estimate of drug-likeness (QED) is 0.652. The van der Waals surface area contributed by atoms with Gasteiger partial charge in [-0.05, 0) is 29.8 Å². The molecule has 0 nitrogen and oxygen atoms in total. The maximum atomic E-state index is 13.8. The first kappa shape index (κ1) is 13.1. The topological polar surface area (TPSA) is 0 Å². The summed E-state index contributed by atoms with van der Waals surface area (Å²) in [6.45, 7) is 0. The third kappa shape index (κ3) is 2.39. The van der Waals surface area contributed by atoms with Gasteiger partial charge in [-0.25, -0.2) is 0 Å². The Morgan fingerprint density at radius 3 is 2.15 bits per heavy atom. The number of alkyl halides is 2. The lowest BCUT2D eigenvalue weighted by Gasteiger charge is -1.97. The highest BCUT2D eigenvalue weighted by atomic mass is 79.9. The molecule has 0 atom stereocenters. The fourth-order valence-corrected chi connectivity index (χ4v) is 2.24. The number of hydrogen-bond acceptors (Lipinski definition) is 0. The molecule has 0 saturated carbocycles. The fourth-order valence-electron chi connectivity index (χ4n) is 1.97. The molecule has 2 aromatic carbocycles. The molecule has 20 heavy (non-hydrogen) atoms. The monoisotopic (exact) mass is 330 g/mol. The molecule has 2 aromatic rings. The number of hydrogen-bond donors (Lipinski definition) is 0. The van der Waals surface area contributed by atoms with E-state index in [0.29, 0.717) is 5.56 Å². The average molecular weight is 331 g/mol. The average Bonchev–Trinajstić information content (AvgIpc) is 3.00. The van der Waals surface area contributed by atoms with Gasteiger partial charge >= 0.3 is 5.92 Å². The van der Waals surface area contributed by atoms with Gasteiger partial charge in [0.25, 0.3) is 0 Å². The van der Waals surface area contributed by atoms with Crippen LogP contribution in [0.25, 0.3) is 5.57 Å². The summed E-state index contributed by atoms with van der Waals surface area (Å²) in [5.74, 6) is 2.48. The van der Waals surface area contributed by atoms with Gasteiger partial charge < -0.3 is 0 Å². The molecule has 0 aliphatic heterocycles. The molecule has 1 aliphatic carbocycles. The Morgan fingerprint density at radius 2 is 1.50 bits per heavy atom. The molecule has 98 valence electrons. The van der Waals surface area contributed by atoms with E-state index in [1.54, 1.807) is 36.4 Å². The summed E-state index contributed by atoms with van der Waals surface area (Å²) in [5.41, 5.74) is 1.21. The van der Waals surface area contributed by atoms with Crippen molar-refractivity contribution in [3.8, 4) is 11.8 Å². The van der Waals surface area contributed by atoms with Crippen LogP contribution in [-0.4, -0.2) is 5.92 Å². The van der Waals surface area contributed by atoms with Crippen molar-refractivity contribution >= 4 is 21.5 Å². The van der Waals surface area contributed by atoms with Gasteiger partial charge in [0.15, 0.2) is 0 Å². The summed E-state index contributed by atoms with van der Waals surface area (Å²) in [4.78, 5) is 0. The summed E-state index contributed by atoms with van der Waals surface area (Å²) in [6.07, 6.45) is 0. The Kier molecular flexibility index (Phi) is 3.19. The lowest BCUT2D eigenvalue weighted by Crippen LogP contribution is -1.96. The van der Waals surface area contributed by atoms with E-state index < -0.39 is 5.92 Å². The smallest absolute Gasteiger partial charge is 0.195 e. The first-order valence-corrected chi connectivity index (χ1v) is 6.84. The molecule has 0 spiro atoms. The van der Waals surface area contributed by atoms with Crippen LogP contribution in [0.5, 0.6) is 0 Å². The number of allylic oxidation sites excluding steroid dienone is 2. The zero-order valence-electron chi connectivity index (χ0n) is 10.3. The van der Waals surface area contributed by atoms with Gasteiger partial charge in [-0.3, -0.25) is 0 Å². The Morgan fingerprint density at radius 1 is 0.850 bits per heavy atom.